The number of anilines is 1. The summed E-state index contributed by atoms with van der Waals surface area (Å²) in [5.41, 5.74) is 1.23. The molecule has 0 fully saturated rings. The number of likely N-dealkylation sites (N-methyl/N-ethyl adjacent to an activating group) is 1. The van der Waals surface area contributed by atoms with Crippen LogP contribution in [0.15, 0.2) is 40.2 Å². The molecule has 122 valence electrons. The Kier molecular flexibility index (Phi) is 6.10. The first-order valence-electron chi connectivity index (χ1n) is 7.23. The van der Waals surface area contributed by atoms with Crippen molar-refractivity contribution in [2.45, 2.75) is 26.4 Å². The molecule has 6 heteroatoms. The van der Waals surface area contributed by atoms with Crippen LogP contribution in [0, 0.1) is 0 Å². The number of ketones is 1. The predicted octanol–water partition coefficient (Wildman–Crippen LogP) is 4.17. The highest BCUT2D eigenvalue weighted by molar-refractivity contribution is 9.11. The predicted molar refractivity (Wildman–Crippen MR) is 98.0 cm³/mol. The van der Waals surface area contributed by atoms with Gasteiger partial charge in [0.1, 0.15) is 0 Å². The van der Waals surface area contributed by atoms with Crippen LogP contribution in [0.25, 0.3) is 0 Å². The zero-order chi connectivity index (χ0) is 17.0. The summed E-state index contributed by atoms with van der Waals surface area (Å²) in [7, 11) is 1.92. The van der Waals surface area contributed by atoms with Gasteiger partial charge in [0.15, 0.2) is 5.78 Å². The summed E-state index contributed by atoms with van der Waals surface area (Å²) in [6.07, 6.45) is 0. The molecule has 0 unspecified atom stereocenters. The van der Waals surface area contributed by atoms with Crippen molar-refractivity contribution in [3.8, 4) is 0 Å². The Labute approximate surface area is 148 Å². The van der Waals surface area contributed by atoms with Crippen LogP contribution in [0.3, 0.4) is 0 Å². The zero-order valence-electron chi connectivity index (χ0n) is 13.3. The smallest absolute Gasteiger partial charge is 0.241 e. The van der Waals surface area contributed by atoms with Crippen LogP contribution in [0.2, 0.25) is 0 Å². The first-order chi connectivity index (χ1) is 10.9. The van der Waals surface area contributed by atoms with E-state index in [1.54, 1.807) is 35.6 Å². The maximum Gasteiger partial charge on any atom is 0.241 e. The number of carbonyl (C=O) groups is 2. The van der Waals surface area contributed by atoms with E-state index in [9.17, 15) is 9.59 Å². The highest BCUT2D eigenvalue weighted by Crippen LogP contribution is 2.23. The van der Waals surface area contributed by atoms with Gasteiger partial charge in [-0.15, -0.1) is 11.3 Å². The lowest BCUT2D eigenvalue weighted by Crippen LogP contribution is -2.39. The van der Waals surface area contributed by atoms with Gasteiger partial charge in [0, 0.05) is 22.7 Å². The van der Waals surface area contributed by atoms with Crippen LogP contribution in [0.5, 0.6) is 0 Å². The lowest BCUT2D eigenvalue weighted by molar-refractivity contribution is -0.120. The van der Waals surface area contributed by atoms with Gasteiger partial charge in [0.2, 0.25) is 5.91 Å². The largest absolute Gasteiger partial charge is 0.325 e. The van der Waals surface area contributed by atoms with Gasteiger partial charge in [0.05, 0.1) is 9.83 Å². The Hall–Kier alpha value is -1.50. The molecule has 2 rings (SSSR count). The number of amides is 1. The van der Waals surface area contributed by atoms with Crippen molar-refractivity contribution in [3.63, 3.8) is 0 Å². The van der Waals surface area contributed by atoms with Crippen LogP contribution in [-0.4, -0.2) is 29.7 Å². The average molecular weight is 395 g/mol. The van der Waals surface area contributed by atoms with Crippen molar-refractivity contribution in [1.82, 2.24) is 4.90 Å². The molecule has 2 aromatic rings. The van der Waals surface area contributed by atoms with Crippen molar-refractivity contribution >= 4 is 44.6 Å². The zero-order valence-corrected chi connectivity index (χ0v) is 15.7. The van der Waals surface area contributed by atoms with E-state index in [1.165, 1.54) is 11.8 Å². The molecule has 0 saturated carbocycles. The van der Waals surface area contributed by atoms with Gasteiger partial charge < -0.3 is 5.32 Å². The second-order valence-corrected chi connectivity index (χ2v) is 7.97. The highest BCUT2D eigenvalue weighted by Gasteiger charge is 2.19. The molecule has 0 radical (unpaired) electrons. The number of nitrogens with one attached hydrogen (secondary N) is 1. The molecule has 1 heterocycles. The lowest BCUT2D eigenvalue weighted by Gasteiger charge is -2.23. The summed E-state index contributed by atoms with van der Waals surface area (Å²) in [6, 6.07) is 10.8. The molecule has 4 nitrogen and oxygen atoms in total. The number of benzene rings is 1. The third-order valence-electron chi connectivity index (χ3n) is 3.61. The Morgan fingerprint density at radius 2 is 2.04 bits per heavy atom. The Bertz CT molecular complexity index is 714. The van der Waals surface area contributed by atoms with Crippen molar-refractivity contribution in [2.75, 3.05) is 12.4 Å². The van der Waals surface area contributed by atoms with E-state index >= 15 is 0 Å². The second-order valence-electron chi connectivity index (χ2n) is 5.42. The minimum absolute atomic E-state index is 0.0189. The van der Waals surface area contributed by atoms with Crippen LogP contribution in [-0.2, 0) is 11.3 Å². The minimum atomic E-state index is -0.281. The number of carbonyl (C=O) groups excluding carboxylic acids is 2. The summed E-state index contributed by atoms with van der Waals surface area (Å²) in [6.45, 7) is 4.08. The quantitative estimate of drug-likeness (QED) is 0.747. The number of hydrogen-bond donors (Lipinski definition) is 1. The van der Waals surface area contributed by atoms with Crippen LogP contribution >= 0.6 is 27.3 Å². The van der Waals surface area contributed by atoms with E-state index in [1.807, 2.05) is 31.0 Å². The molecule has 1 N–H and O–H groups in total. The molecule has 1 aromatic heterocycles. The topological polar surface area (TPSA) is 49.4 Å². The Morgan fingerprint density at radius 1 is 1.30 bits per heavy atom. The molecule has 1 aromatic carbocycles. The SMILES string of the molecule is CC(=O)c1cccc(NC(=O)[C@@H](C)N(C)Cc2ccc(Br)s2)c1. The molecule has 0 saturated heterocycles. The van der Waals surface area contributed by atoms with Crippen LogP contribution < -0.4 is 5.32 Å². The molecule has 0 aliphatic carbocycles. The molecule has 0 bridgehead atoms. The average Bonchev–Trinajstić information content (AvgIpc) is 2.91. The number of nitrogens with zero attached hydrogens (tertiary/aromatic N) is 1. The second kappa shape index (κ2) is 7.86. The molecule has 1 atom stereocenters. The summed E-state index contributed by atoms with van der Waals surface area (Å²) >= 11 is 5.10. The maximum absolute atomic E-state index is 12.4. The normalized spacial score (nSPS) is 12.2. The molecular formula is C17H19BrN2O2S. The van der Waals surface area contributed by atoms with Gasteiger partial charge in [-0.25, -0.2) is 0 Å². The third-order valence-corrected chi connectivity index (χ3v) is 5.22. The van der Waals surface area contributed by atoms with E-state index in [0.29, 0.717) is 17.8 Å². The van der Waals surface area contributed by atoms with Crippen molar-refractivity contribution in [1.29, 1.82) is 0 Å². The summed E-state index contributed by atoms with van der Waals surface area (Å²) in [5, 5.41) is 2.87. The van der Waals surface area contributed by atoms with Crippen molar-refractivity contribution < 1.29 is 9.59 Å². The van der Waals surface area contributed by atoms with Gasteiger partial charge >= 0.3 is 0 Å². The van der Waals surface area contributed by atoms with Gasteiger partial charge in [-0.05, 0) is 61.1 Å². The molecular weight excluding hydrogens is 376 g/mol. The van der Waals surface area contributed by atoms with Gasteiger partial charge in [-0.2, -0.15) is 0 Å². The Morgan fingerprint density at radius 3 is 2.65 bits per heavy atom. The third kappa shape index (κ3) is 4.99. The lowest BCUT2D eigenvalue weighted by atomic mass is 10.1. The fourth-order valence-electron chi connectivity index (χ4n) is 2.08. The van der Waals surface area contributed by atoms with E-state index < -0.39 is 0 Å². The summed E-state index contributed by atoms with van der Waals surface area (Å²) in [5.74, 6) is -0.113. The first-order valence-corrected chi connectivity index (χ1v) is 8.84. The summed E-state index contributed by atoms with van der Waals surface area (Å²) < 4.78 is 1.08. The van der Waals surface area contributed by atoms with Crippen molar-refractivity contribution in [3.05, 3.63) is 50.6 Å². The monoisotopic (exact) mass is 394 g/mol. The number of thiophene rings is 1. The van der Waals surface area contributed by atoms with E-state index in [4.69, 9.17) is 0 Å². The fourth-order valence-corrected chi connectivity index (χ4v) is 3.63. The van der Waals surface area contributed by atoms with E-state index in [2.05, 4.69) is 21.2 Å². The van der Waals surface area contributed by atoms with E-state index in [-0.39, 0.29) is 17.7 Å². The molecule has 0 spiro atoms. The standard InChI is InChI=1S/C17H19BrN2O2S/c1-11(20(3)10-15-7-8-16(18)23-15)17(22)19-14-6-4-5-13(9-14)12(2)21/h4-9,11H,10H2,1-3H3,(H,19,22)/t11-/m1/s1. The van der Waals surface area contributed by atoms with Gasteiger partial charge in [-0.1, -0.05) is 12.1 Å². The first kappa shape index (κ1) is 17.8. The summed E-state index contributed by atoms with van der Waals surface area (Å²) in [4.78, 5) is 27.0. The van der Waals surface area contributed by atoms with Crippen LogP contribution in [0.1, 0.15) is 29.1 Å². The molecule has 23 heavy (non-hydrogen) atoms. The fraction of sp³-hybridized carbons (Fsp3) is 0.294. The minimum Gasteiger partial charge on any atom is -0.325 e. The van der Waals surface area contributed by atoms with Gasteiger partial charge in [0.25, 0.3) is 0 Å². The molecule has 0 aliphatic heterocycles. The number of halogens is 1. The Balaban J connectivity index is 1.99. The highest BCUT2D eigenvalue weighted by atomic mass is 79.9. The van der Waals surface area contributed by atoms with Crippen molar-refractivity contribution in [2.24, 2.45) is 0 Å². The van der Waals surface area contributed by atoms with E-state index in [0.717, 1.165) is 3.79 Å². The van der Waals surface area contributed by atoms with Gasteiger partial charge in [-0.3, -0.25) is 14.5 Å². The maximum atomic E-state index is 12.4. The number of hydrogen-bond acceptors (Lipinski definition) is 4. The number of rotatable bonds is 6. The molecule has 1 amide bonds. The molecule has 0 aliphatic rings. The van der Waals surface area contributed by atoms with Crippen LogP contribution in [0.4, 0.5) is 5.69 Å². The number of Topliss-reactive ketones (excluding diaryl/α,β-unsaturated/α-hetero) is 1.